The number of hydrogen-bond acceptors (Lipinski definition) is 7. The second-order valence-corrected chi connectivity index (χ2v) is 16.6. The third-order valence-electron chi connectivity index (χ3n) is 10.6. The van der Waals surface area contributed by atoms with Crippen LogP contribution in [-0.4, -0.2) is 65.1 Å². The first-order valence-corrected chi connectivity index (χ1v) is 18.0. The largest absolute Gasteiger partial charge is 0.447 e. The Morgan fingerprint density at radius 2 is 1.96 bits per heavy atom. The highest BCUT2D eigenvalue weighted by molar-refractivity contribution is 6.32. The summed E-state index contributed by atoms with van der Waals surface area (Å²) in [4.78, 5) is 34.1. The fourth-order valence-corrected chi connectivity index (χ4v) is 7.50. The van der Waals surface area contributed by atoms with E-state index in [4.69, 9.17) is 16.3 Å². The molecule has 0 radical (unpaired) electrons. The van der Waals surface area contributed by atoms with Gasteiger partial charge in [-0.3, -0.25) is 15.1 Å². The van der Waals surface area contributed by atoms with Crippen molar-refractivity contribution in [2.24, 2.45) is 10.8 Å². The molecule has 12 nitrogen and oxygen atoms in total. The van der Waals surface area contributed by atoms with Crippen LogP contribution in [0.15, 0.2) is 55.1 Å². The van der Waals surface area contributed by atoms with Crippen molar-refractivity contribution in [3.8, 4) is 5.69 Å². The number of ether oxygens (including phenoxy) is 1. The van der Waals surface area contributed by atoms with Crippen LogP contribution in [0.1, 0.15) is 109 Å². The van der Waals surface area contributed by atoms with Crippen LogP contribution in [0.5, 0.6) is 0 Å². The Hall–Kier alpha value is -4.59. The first-order chi connectivity index (χ1) is 24.5. The fourth-order valence-electron chi connectivity index (χ4n) is 7.31. The van der Waals surface area contributed by atoms with E-state index in [2.05, 4.69) is 25.8 Å². The SMILES string of the molecule is CC(C)(C)C[C@]1(C2(C)C=CC(c3cnn(C(F)F)c3)=CC2)NC(=N)N([C@H](COC(=O)NC2(C)CC2)c2ccc(Cl)c(-n3ncnc3C3CC3)c2)C1=O. The summed E-state index contributed by atoms with van der Waals surface area (Å²) in [5.74, 6) is 0.603. The van der Waals surface area contributed by atoms with E-state index in [1.54, 1.807) is 16.8 Å². The summed E-state index contributed by atoms with van der Waals surface area (Å²) in [7, 11) is 0. The molecule has 1 saturated heterocycles. The lowest BCUT2D eigenvalue weighted by Crippen LogP contribution is -2.60. The first-order valence-electron chi connectivity index (χ1n) is 17.6. The number of benzene rings is 1. The average Bonchev–Trinajstić information content (AvgIpc) is 3.89. The Labute approximate surface area is 306 Å². The van der Waals surface area contributed by atoms with E-state index in [1.807, 2.05) is 58.9 Å². The standard InChI is InChI=1S/C37H44ClF2N9O3/c1-34(2,3)20-37(35(4)12-10-22(11-13-35)25-17-43-47(18-25)31(39)40)30(50)48(32(41)45-37)28(19-52-33(51)46-36(5)14-15-36)24-8-9-26(38)27(16-24)49-29(23-6-7-23)42-21-44-49/h8-12,16-18,21,23,28,31H,6-7,13-15,19-20H2,1-5H3,(H2,41,45)(H,46,51)/t28-,35?,37+/m1/s1. The molecule has 3 aliphatic carbocycles. The van der Waals surface area contributed by atoms with Gasteiger partial charge in [-0.2, -0.15) is 19.0 Å². The zero-order chi connectivity index (χ0) is 37.2. The van der Waals surface area contributed by atoms with Crippen molar-refractivity contribution in [3.05, 3.63) is 77.1 Å². The molecular formula is C37H44ClF2N9O3. The van der Waals surface area contributed by atoms with E-state index < -0.39 is 29.6 Å². The number of rotatable bonds is 11. The molecule has 2 amide bonds. The number of aromatic nitrogens is 5. The number of alkyl carbamates (subject to hydrolysis) is 1. The van der Waals surface area contributed by atoms with Gasteiger partial charge < -0.3 is 15.4 Å². The third-order valence-corrected chi connectivity index (χ3v) is 10.9. The highest BCUT2D eigenvalue weighted by Gasteiger charge is 2.61. The van der Waals surface area contributed by atoms with Gasteiger partial charge in [-0.1, -0.05) is 63.6 Å². The van der Waals surface area contributed by atoms with Gasteiger partial charge in [-0.05, 0) is 74.1 Å². The lowest BCUT2D eigenvalue weighted by atomic mass is 9.61. The summed E-state index contributed by atoms with van der Waals surface area (Å²) in [5, 5.41) is 24.3. The zero-order valence-corrected chi connectivity index (χ0v) is 30.7. The number of carbonyl (C=O) groups excluding carboxylic acids is 2. The molecule has 3 aromatic rings. The molecule has 7 rings (SSSR count). The van der Waals surface area contributed by atoms with Crippen LogP contribution in [0.25, 0.3) is 11.3 Å². The van der Waals surface area contributed by atoms with Gasteiger partial charge in [0.1, 0.15) is 24.3 Å². The molecule has 1 aliphatic heterocycles. The lowest BCUT2D eigenvalue weighted by Gasteiger charge is -2.46. The van der Waals surface area contributed by atoms with Crippen LogP contribution >= 0.6 is 11.6 Å². The van der Waals surface area contributed by atoms with E-state index in [9.17, 15) is 19.0 Å². The average molecular weight is 736 g/mol. The number of hydrogen-bond donors (Lipinski definition) is 3. The molecule has 15 heteroatoms. The molecule has 4 aliphatic rings. The maximum Gasteiger partial charge on any atom is 0.407 e. The molecular weight excluding hydrogens is 692 g/mol. The first kappa shape index (κ1) is 35.8. The molecule has 3 heterocycles. The number of nitrogens with zero attached hydrogens (tertiary/aromatic N) is 6. The van der Waals surface area contributed by atoms with Gasteiger partial charge in [0.25, 0.3) is 5.91 Å². The van der Waals surface area contributed by atoms with Gasteiger partial charge in [0, 0.05) is 28.6 Å². The number of alkyl halides is 2. The van der Waals surface area contributed by atoms with E-state index in [-0.39, 0.29) is 35.3 Å². The minimum Gasteiger partial charge on any atom is -0.447 e. The molecule has 2 aromatic heterocycles. The number of halogens is 3. The van der Waals surface area contributed by atoms with E-state index in [0.717, 1.165) is 31.5 Å². The molecule has 276 valence electrons. The second kappa shape index (κ2) is 12.8. The monoisotopic (exact) mass is 735 g/mol. The maximum absolute atomic E-state index is 15.2. The summed E-state index contributed by atoms with van der Waals surface area (Å²) < 4.78 is 34.7. The summed E-state index contributed by atoms with van der Waals surface area (Å²) >= 11 is 6.75. The second-order valence-electron chi connectivity index (χ2n) is 16.2. The third kappa shape index (κ3) is 6.72. The van der Waals surface area contributed by atoms with Gasteiger partial charge in [-0.15, -0.1) is 0 Å². The van der Waals surface area contributed by atoms with E-state index >= 15 is 4.79 Å². The Bertz CT molecular complexity index is 1980. The van der Waals surface area contributed by atoms with Crippen molar-refractivity contribution in [1.82, 2.24) is 40.1 Å². The van der Waals surface area contributed by atoms with Gasteiger partial charge in [-0.25, -0.2) is 19.1 Å². The van der Waals surface area contributed by atoms with Crippen molar-refractivity contribution in [2.75, 3.05) is 6.61 Å². The number of amides is 2. The van der Waals surface area contributed by atoms with Crippen LogP contribution in [-0.2, 0) is 9.53 Å². The molecule has 2 saturated carbocycles. The van der Waals surface area contributed by atoms with Gasteiger partial charge in [0.05, 0.1) is 22.9 Å². The fraction of sp³-hybridized carbons (Fsp3) is 0.514. The molecule has 0 bridgehead atoms. The molecule has 52 heavy (non-hydrogen) atoms. The summed E-state index contributed by atoms with van der Waals surface area (Å²) in [6.07, 6.45) is 13.7. The van der Waals surface area contributed by atoms with E-state index in [0.29, 0.717) is 44.9 Å². The molecule has 1 aromatic carbocycles. The van der Waals surface area contributed by atoms with Crippen LogP contribution < -0.4 is 10.6 Å². The zero-order valence-electron chi connectivity index (χ0n) is 29.9. The quantitative estimate of drug-likeness (QED) is 0.188. The molecule has 1 unspecified atom stereocenters. The summed E-state index contributed by atoms with van der Waals surface area (Å²) in [5.41, 5.74) is -0.430. The predicted octanol–water partition coefficient (Wildman–Crippen LogP) is 7.30. The van der Waals surface area contributed by atoms with Crippen molar-refractivity contribution in [3.63, 3.8) is 0 Å². The van der Waals surface area contributed by atoms with Crippen molar-refractivity contribution in [2.45, 2.75) is 103 Å². The maximum atomic E-state index is 15.2. The minimum absolute atomic E-state index is 0.129. The minimum atomic E-state index is -2.76. The number of carbonyl (C=O) groups is 2. The summed E-state index contributed by atoms with van der Waals surface area (Å²) in [6, 6.07) is 4.40. The molecule has 3 N–H and O–H groups in total. The lowest BCUT2D eigenvalue weighted by molar-refractivity contribution is -0.138. The highest BCUT2D eigenvalue weighted by atomic mass is 35.5. The normalized spacial score (nSPS) is 24.6. The van der Waals surface area contributed by atoms with Gasteiger partial charge in [0.15, 0.2) is 5.96 Å². The van der Waals surface area contributed by atoms with Crippen molar-refractivity contribution in [1.29, 1.82) is 5.41 Å². The van der Waals surface area contributed by atoms with E-state index in [1.165, 1.54) is 23.6 Å². The number of allylic oxidation sites excluding steroid dienone is 3. The van der Waals surface area contributed by atoms with Crippen LogP contribution in [0.3, 0.4) is 0 Å². The van der Waals surface area contributed by atoms with Gasteiger partial charge >= 0.3 is 12.6 Å². The molecule has 0 spiro atoms. The molecule has 3 atom stereocenters. The Balaban J connectivity index is 1.25. The molecule has 3 fully saturated rings. The predicted molar refractivity (Wildman–Crippen MR) is 191 cm³/mol. The number of nitrogens with one attached hydrogen (secondary N) is 3. The van der Waals surface area contributed by atoms with Crippen LogP contribution in [0.2, 0.25) is 5.02 Å². The van der Waals surface area contributed by atoms with Gasteiger partial charge in [0.2, 0.25) is 0 Å². The smallest absolute Gasteiger partial charge is 0.407 e. The van der Waals surface area contributed by atoms with Crippen molar-refractivity contribution < 1.29 is 23.1 Å². The Morgan fingerprint density at radius 3 is 2.58 bits per heavy atom. The van der Waals surface area contributed by atoms with Crippen LogP contribution in [0.4, 0.5) is 13.6 Å². The Morgan fingerprint density at radius 1 is 1.21 bits per heavy atom. The van der Waals surface area contributed by atoms with Crippen molar-refractivity contribution >= 4 is 35.1 Å². The highest BCUT2D eigenvalue weighted by Crippen LogP contribution is 2.51. The topological polar surface area (TPSA) is 143 Å². The Kier molecular flexibility index (Phi) is 8.82. The summed E-state index contributed by atoms with van der Waals surface area (Å²) in [6.45, 7) is 7.03. The van der Waals surface area contributed by atoms with Crippen LogP contribution in [0, 0.1) is 16.2 Å². The number of guanidine groups is 1.